The van der Waals surface area contributed by atoms with E-state index in [1.807, 2.05) is 0 Å². The zero-order chi connectivity index (χ0) is 18.7. The standard InChI is InChI=1S/C16H13F3N4O3/c1-8(12-10(17)4-3-5-11(12)24-2)25-16-20-6-9(7-21-16)14-22-23-15(26-14)13(18)19/h3-8,13H,1-2H3. The first kappa shape index (κ1) is 17.6. The van der Waals surface area contributed by atoms with Gasteiger partial charge in [0.2, 0.25) is 0 Å². The molecule has 3 rings (SSSR count). The summed E-state index contributed by atoms with van der Waals surface area (Å²) >= 11 is 0. The summed E-state index contributed by atoms with van der Waals surface area (Å²) in [5, 5.41) is 6.72. The van der Waals surface area contributed by atoms with Crippen molar-refractivity contribution in [1.29, 1.82) is 0 Å². The Morgan fingerprint density at radius 1 is 1.12 bits per heavy atom. The van der Waals surface area contributed by atoms with Crippen LogP contribution in [-0.2, 0) is 0 Å². The van der Waals surface area contributed by atoms with Gasteiger partial charge in [-0.15, -0.1) is 10.2 Å². The molecule has 0 amide bonds. The normalized spacial score (nSPS) is 12.2. The molecule has 1 atom stereocenters. The van der Waals surface area contributed by atoms with Gasteiger partial charge < -0.3 is 13.9 Å². The van der Waals surface area contributed by atoms with Gasteiger partial charge in [-0.25, -0.2) is 14.4 Å². The number of nitrogens with zero attached hydrogens (tertiary/aromatic N) is 4. The number of aromatic nitrogens is 4. The van der Waals surface area contributed by atoms with E-state index in [0.717, 1.165) is 0 Å². The van der Waals surface area contributed by atoms with E-state index in [1.54, 1.807) is 13.0 Å². The summed E-state index contributed by atoms with van der Waals surface area (Å²) in [4.78, 5) is 7.90. The highest BCUT2D eigenvalue weighted by Gasteiger charge is 2.20. The molecule has 0 radical (unpaired) electrons. The largest absolute Gasteiger partial charge is 0.496 e. The highest BCUT2D eigenvalue weighted by Crippen LogP contribution is 2.30. The lowest BCUT2D eigenvalue weighted by Gasteiger charge is -2.17. The highest BCUT2D eigenvalue weighted by atomic mass is 19.3. The van der Waals surface area contributed by atoms with Crippen LogP contribution in [0.2, 0.25) is 0 Å². The van der Waals surface area contributed by atoms with Crippen LogP contribution in [0, 0.1) is 5.82 Å². The molecule has 0 spiro atoms. The topological polar surface area (TPSA) is 83.2 Å². The third-order valence-electron chi connectivity index (χ3n) is 3.42. The average molecular weight is 366 g/mol. The van der Waals surface area contributed by atoms with Gasteiger partial charge in [0.15, 0.2) is 0 Å². The number of methoxy groups -OCH3 is 1. The summed E-state index contributed by atoms with van der Waals surface area (Å²) in [6.07, 6.45) is -1.05. The summed E-state index contributed by atoms with van der Waals surface area (Å²) in [6.45, 7) is 1.62. The first-order valence-corrected chi connectivity index (χ1v) is 7.42. The van der Waals surface area contributed by atoms with Crippen molar-refractivity contribution in [2.45, 2.75) is 19.5 Å². The van der Waals surface area contributed by atoms with Gasteiger partial charge in [-0.05, 0) is 19.1 Å². The van der Waals surface area contributed by atoms with Gasteiger partial charge in [-0.2, -0.15) is 8.78 Å². The van der Waals surface area contributed by atoms with Gasteiger partial charge >= 0.3 is 12.4 Å². The summed E-state index contributed by atoms with van der Waals surface area (Å²) in [7, 11) is 1.42. The smallest absolute Gasteiger partial charge is 0.316 e. The predicted octanol–water partition coefficient (Wildman–Crippen LogP) is 3.75. The van der Waals surface area contributed by atoms with E-state index in [2.05, 4.69) is 20.2 Å². The van der Waals surface area contributed by atoms with Crippen LogP contribution in [0.25, 0.3) is 11.5 Å². The zero-order valence-electron chi connectivity index (χ0n) is 13.7. The molecule has 0 N–H and O–H groups in total. The van der Waals surface area contributed by atoms with Gasteiger partial charge in [0.25, 0.3) is 11.8 Å². The molecule has 136 valence electrons. The maximum absolute atomic E-state index is 14.1. The molecule has 0 aliphatic heterocycles. The molecule has 0 saturated carbocycles. The van der Waals surface area contributed by atoms with Gasteiger partial charge in [0.1, 0.15) is 17.7 Å². The molecular weight excluding hydrogens is 353 g/mol. The molecule has 0 aliphatic rings. The van der Waals surface area contributed by atoms with Crippen molar-refractivity contribution >= 4 is 0 Å². The SMILES string of the molecule is COc1cccc(F)c1C(C)Oc1ncc(-c2nnc(C(F)F)o2)cn1. The quantitative estimate of drug-likeness (QED) is 0.657. The molecule has 2 aromatic heterocycles. The molecule has 1 unspecified atom stereocenters. The van der Waals surface area contributed by atoms with Crippen LogP contribution in [0.1, 0.15) is 30.9 Å². The van der Waals surface area contributed by atoms with E-state index in [9.17, 15) is 13.2 Å². The van der Waals surface area contributed by atoms with E-state index >= 15 is 0 Å². The van der Waals surface area contributed by atoms with Crippen LogP contribution in [0.3, 0.4) is 0 Å². The van der Waals surface area contributed by atoms with Gasteiger partial charge in [-0.3, -0.25) is 0 Å². The Balaban J connectivity index is 1.77. The van der Waals surface area contributed by atoms with Crippen molar-refractivity contribution in [2.24, 2.45) is 0 Å². The Morgan fingerprint density at radius 3 is 2.46 bits per heavy atom. The number of benzene rings is 1. The third kappa shape index (κ3) is 3.58. The maximum Gasteiger partial charge on any atom is 0.316 e. The fourth-order valence-corrected chi connectivity index (χ4v) is 2.23. The lowest BCUT2D eigenvalue weighted by molar-refractivity contribution is 0.116. The first-order chi connectivity index (χ1) is 12.5. The Bertz CT molecular complexity index is 887. The summed E-state index contributed by atoms with van der Waals surface area (Å²) in [5.41, 5.74) is 0.467. The van der Waals surface area contributed by atoms with Crippen molar-refractivity contribution < 1.29 is 27.1 Å². The molecule has 0 bridgehead atoms. The first-order valence-electron chi connectivity index (χ1n) is 7.42. The summed E-state index contributed by atoms with van der Waals surface area (Å²) < 4.78 is 54.5. The minimum Gasteiger partial charge on any atom is -0.496 e. The predicted molar refractivity (Wildman–Crippen MR) is 82.3 cm³/mol. The second kappa shape index (κ2) is 7.38. The molecular formula is C16H13F3N4O3. The molecule has 10 heteroatoms. The molecule has 0 aliphatic carbocycles. The maximum atomic E-state index is 14.1. The van der Waals surface area contributed by atoms with Crippen LogP contribution in [0.4, 0.5) is 13.2 Å². The van der Waals surface area contributed by atoms with E-state index in [1.165, 1.54) is 31.6 Å². The van der Waals surface area contributed by atoms with Gasteiger partial charge in [0, 0.05) is 12.4 Å². The molecule has 26 heavy (non-hydrogen) atoms. The number of halogens is 3. The van der Waals surface area contributed by atoms with Crippen molar-refractivity contribution in [3.05, 3.63) is 47.9 Å². The van der Waals surface area contributed by atoms with E-state index in [4.69, 9.17) is 13.9 Å². The average Bonchev–Trinajstić information content (AvgIpc) is 3.12. The molecule has 0 saturated heterocycles. The lowest BCUT2D eigenvalue weighted by Crippen LogP contribution is -2.09. The molecule has 1 aromatic carbocycles. The van der Waals surface area contributed by atoms with E-state index in [0.29, 0.717) is 5.75 Å². The van der Waals surface area contributed by atoms with E-state index in [-0.39, 0.29) is 23.0 Å². The van der Waals surface area contributed by atoms with Crippen molar-refractivity contribution in [2.75, 3.05) is 7.11 Å². The lowest BCUT2D eigenvalue weighted by atomic mass is 10.1. The highest BCUT2D eigenvalue weighted by molar-refractivity contribution is 5.49. The molecule has 0 fully saturated rings. The van der Waals surface area contributed by atoms with Crippen molar-refractivity contribution in [1.82, 2.24) is 20.2 Å². The minimum atomic E-state index is -2.86. The van der Waals surface area contributed by atoms with Crippen LogP contribution >= 0.6 is 0 Å². The van der Waals surface area contributed by atoms with Crippen LogP contribution in [0.15, 0.2) is 35.0 Å². The second-order valence-corrected chi connectivity index (χ2v) is 5.12. The zero-order valence-corrected chi connectivity index (χ0v) is 13.7. The third-order valence-corrected chi connectivity index (χ3v) is 3.42. The number of ether oxygens (including phenoxy) is 2. The number of hydrogen-bond donors (Lipinski definition) is 0. The van der Waals surface area contributed by atoms with Crippen LogP contribution in [0.5, 0.6) is 11.8 Å². The van der Waals surface area contributed by atoms with Crippen molar-refractivity contribution in [3.8, 4) is 23.2 Å². The van der Waals surface area contributed by atoms with Crippen LogP contribution in [-0.4, -0.2) is 27.3 Å². The Hall–Kier alpha value is -3.17. The molecule has 7 nitrogen and oxygen atoms in total. The monoisotopic (exact) mass is 366 g/mol. The van der Waals surface area contributed by atoms with E-state index < -0.39 is 24.2 Å². The van der Waals surface area contributed by atoms with Crippen LogP contribution < -0.4 is 9.47 Å². The number of hydrogen-bond acceptors (Lipinski definition) is 7. The van der Waals surface area contributed by atoms with Gasteiger partial charge in [0.05, 0.1) is 18.2 Å². The molecule has 2 heterocycles. The minimum absolute atomic E-state index is 0.0415. The molecule has 3 aromatic rings. The Kier molecular flexibility index (Phi) is 5.01. The summed E-state index contributed by atoms with van der Waals surface area (Å²) in [6, 6.07) is 4.38. The number of alkyl halides is 2. The Morgan fingerprint density at radius 2 is 1.85 bits per heavy atom. The fourth-order valence-electron chi connectivity index (χ4n) is 2.23. The Labute approximate surface area is 145 Å². The summed E-state index contributed by atoms with van der Waals surface area (Å²) in [5.74, 6) is -1.09. The second-order valence-electron chi connectivity index (χ2n) is 5.12. The van der Waals surface area contributed by atoms with Gasteiger partial charge in [-0.1, -0.05) is 6.07 Å². The number of rotatable bonds is 6. The fraction of sp³-hybridized carbons (Fsp3) is 0.250. The van der Waals surface area contributed by atoms with Crippen molar-refractivity contribution in [3.63, 3.8) is 0 Å².